The van der Waals surface area contributed by atoms with Crippen LogP contribution in [0.4, 0.5) is 0 Å². The van der Waals surface area contributed by atoms with Gasteiger partial charge in [0.25, 0.3) is 0 Å². The lowest BCUT2D eigenvalue weighted by atomic mass is 9.88. The normalized spacial score (nSPS) is 24.6. The average Bonchev–Trinajstić information content (AvgIpc) is 2.82. The molecule has 0 bridgehead atoms. The van der Waals surface area contributed by atoms with E-state index in [9.17, 15) is 14.4 Å². The van der Waals surface area contributed by atoms with Crippen LogP contribution >= 0.6 is 0 Å². The Hall–Kier alpha value is -2.41. The molecule has 2 saturated heterocycles. The first-order chi connectivity index (χ1) is 12.9. The molecule has 2 aliphatic rings. The summed E-state index contributed by atoms with van der Waals surface area (Å²) in [6.45, 7) is 2.91. The van der Waals surface area contributed by atoms with Crippen molar-refractivity contribution in [1.29, 1.82) is 0 Å². The predicted octanol–water partition coefficient (Wildman–Crippen LogP) is 1.48. The molecule has 2 atom stereocenters. The molecular weight excluding hydrogens is 348 g/mol. The van der Waals surface area contributed by atoms with E-state index in [1.54, 1.807) is 0 Å². The number of likely N-dealkylation sites (tertiary alicyclic amines) is 1. The highest BCUT2D eigenvalue weighted by Crippen LogP contribution is 2.32. The SMILES string of the molecule is C[C@H](C(=O)N1CCCC2(CCN(CC(=O)O)C(=O)CO2)C1)c1ccccc1. The molecule has 2 heterocycles. The van der Waals surface area contributed by atoms with E-state index in [2.05, 4.69) is 0 Å². The summed E-state index contributed by atoms with van der Waals surface area (Å²) >= 11 is 0. The molecular formula is C20H26N2O5. The van der Waals surface area contributed by atoms with E-state index in [4.69, 9.17) is 9.84 Å². The molecule has 7 nitrogen and oxygen atoms in total. The van der Waals surface area contributed by atoms with Gasteiger partial charge in [-0.25, -0.2) is 0 Å². The molecule has 146 valence electrons. The molecule has 2 fully saturated rings. The van der Waals surface area contributed by atoms with Gasteiger partial charge in [-0.05, 0) is 31.7 Å². The zero-order chi connectivity index (χ0) is 19.4. The number of hydrogen-bond acceptors (Lipinski definition) is 4. The Balaban J connectivity index is 1.69. The fourth-order valence-corrected chi connectivity index (χ4v) is 3.94. The van der Waals surface area contributed by atoms with Gasteiger partial charge >= 0.3 is 5.97 Å². The molecule has 1 aromatic rings. The molecule has 7 heteroatoms. The Morgan fingerprint density at radius 3 is 2.67 bits per heavy atom. The predicted molar refractivity (Wildman–Crippen MR) is 98.2 cm³/mol. The number of aliphatic carboxylic acids is 1. The van der Waals surface area contributed by atoms with Crippen molar-refractivity contribution < 1.29 is 24.2 Å². The fourth-order valence-electron chi connectivity index (χ4n) is 3.94. The number of amides is 2. The van der Waals surface area contributed by atoms with Gasteiger partial charge in [-0.1, -0.05) is 30.3 Å². The van der Waals surface area contributed by atoms with Crippen LogP contribution in [0.2, 0.25) is 0 Å². The maximum atomic E-state index is 13.0. The van der Waals surface area contributed by atoms with Gasteiger partial charge in [-0.3, -0.25) is 14.4 Å². The van der Waals surface area contributed by atoms with Crippen molar-refractivity contribution in [2.24, 2.45) is 0 Å². The van der Waals surface area contributed by atoms with Crippen molar-refractivity contribution in [2.45, 2.75) is 37.7 Å². The summed E-state index contributed by atoms with van der Waals surface area (Å²) in [5, 5.41) is 8.97. The van der Waals surface area contributed by atoms with E-state index < -0.39 is 11.6 Å². The van der Waals surface area contributed by atoms with Crippen molar-refractivity contribution in [3.63, 3.8) is 0 Å². The molecule has 1 spiro atoms. The molecule has 1 unspecified atom stereocenters. The van der Waals surface area contributed by atoms with E-state index >= 15 is 0 Å². The second kappa shape index (κ2) is 8.08. The molecule has 3 rings (SSSR count). The summed E-state index contributed by atoms with van der Waals surface area (Å²) in [5.41, 5.74) is 0.402. The van der Waals surface area contributed by atoms with Crippen LogP contribution in [0.25, 0.3) is 0 Å². The third-order valence-corrected chi connectivity index (χ3v) is 5.54. The number of benzene rings is 1. The lowest BCUT2D eigenvalue weighted by molar-refractivity contribution is -0.150. The number of rotatable bonds is 4. The van der Waals surface area contributed by atoms with Crippen LogP contribution in [0.5, 0.6) is 0 Å². The van der Waals surface area contributed by atoms with Crippen molar-refractivity contribution in [3.05, 3.63) is 35.9 Å². The zero-order valence-electron chi connectivity index (χ0n) is 15.6. The standard InChI is InChI=1S/C20H26N2O5/c1-15(16-6-3-2-4-7-16)19(26)22-10-5-8-20(14-22)9-11-21(12-18(24)25)17(23)13-27-20/h2-4,6-7,15H,5,8-14H2,1H3,(H,24,25)/t15-,20?/m0/s1. The van der Waals surface area contributed by atoms with Gasteiger partial charge in [-0.15, -0.1) is 0 Å². The first-order valence-electron chi connectivity index (χ1n) is 9.37. The van der Waals surface area contributed by atoms with E-state index in [1.165, 1.54) is 4.90 Å². The monoisotopic (exact) mass is 374 g/mol. The van der Waals surface area contributed by atoms with E-state index in [0.29, 0.717) is 26.1 Å². The van der Waals surface area contributed by atoms with Gasteiger partial charge in [0.05, 0.1) is 11.5 Å². The highest BCUT2D eigenvalue weighted by atomic mass is 16.5. The van der Waals surface area contributed by atoms with E-state index in [1.807, 2.05) is 42.2 Å². The number of ether oxygens (including phenoxy) is 1. The quantitative estimate of drug-likeness (QED) is 0.863. The van der Waals surface area contributed by atoms with E-state index in [-0.39, 0.29) is 30.9 Å². The van der Waals surface area contributed by atoms with Crippen molar-refractivity contribution in [2.75, 3.05) is 32.8 Å². The third kappa shape index (κ3) is 4.47. The lowest BCUT2D eigenvalue weighted by Gasteiger charge is -2.42. The second-order valence-electron chi connectivity index (χ2n) is 7.43. The van der Waals surface area contributed by atoms with Crippen molar-refractivity contribution >= 4 is 17.8 Å². The Morgan fingerprint density at radius 2 is 1.96 bits per heavy atom. The van der Waals surface area contributed by atoms with Gasteiger partial charge in [0, 0.05) is 19.6 Å². The molecule has 27 heavy (non-hydrogen) atoms. The fraction of sp³-hybridized carbons (Fsp3) is 0.550. The topological polar surface area (TPSA) is 87.2 Å². The minimum Gasteiger partial charge on any atom is -0.480 e. The summed E-state index contributed by atoms with van der Waals surface area (Å²) < 4.78 is 5.94. The maximum Gasteiger partial charge on any atom is 0.323 e. The number of hydrogen-bond donors (Lipinski definition) is 1. The van der Waals surface area contributed by atoms with Gasteiger partial charge in [0.1, 0.15) is 13.2 Å². The zero-order valence-corrected chi connectivity index (χ0v) is 15.6. The van der Waals surface area contributed by atoms with Gasteiger partial charge in [-0.2, -0.15) is 0 Å². The molecule has 0 aromatic heterocycles. The molecule has 1 N–H and O–H groups in total. The van der Waals surface area contributed by atoms with Crippen LogP contribution in [-0.4, -0.2) is 71.1 Å². The number of carboxylic acids is 1. The molecule has 0 aliphatic carbocycles. The summed E-state index contributed by atoms with van der Waals surface area (Å²) in [5.74, 6) is -1.52. The Labute approximate surface area is 158 Å². The largest absolute Gasteiger partial charge is 0.480 e. The van der Waals surface area contributed by atoms with Crippen LogP contribution in [-0.2, 0) is 19.1 Å². The minimum absolute atomic E-state index is 0.0573. The number of carboxylic acid groups (broad SMARTS) is 1. The molecule has 0 saturated carbocycles. The summed E-state index contributed by atoms with van der Waals surface area (Å²) in [6.07, 6.45) is 2.11. The summed E-state index contributed by atoms with van der Waals surface area (Å²) in [4.78, 5) is 39.3. The average molecular weight is 374 g/mol. The first-order valence-corrected chi connectivity index (χ1v) is 9.37. The number of nitrogens with zero attached hydrogens (tertiary/aromatic N) is 2. The number of carbonyl (C=O) groups is 3. The Morgan fingerprint density at radius 1 is 1.22 bits per heavy atom. The highest BCUT2D eigenvalue weighted by molar-refractivity contribution is 5.84. The molecule has 0 radical (unpaired) electrons. The van der Waals surface area contributed by atoms with Crippen LogP contribution in [0.1, 0.15) is 37.7 Å². The van der Waals surface area contributed by atoms with E-state index in [0.717, 1.165) is 18.4 Å². The minimum atomic E-state index is -1.03. The van der Waals surface area contributed by atoms with Crippen LogP contribution in [0, 0.1) is 0 Å². The molecule has 2 aliphatic heterocycles. The van der Waals surface area contributed by atoms with Gasteiger partial charge in [0.15, 0.2) is 0 Å². The number of carbonyl (C=O) groups excluding carboxylic acids is 2. The molecule has 1 aromatic carbocycles. The van der Waals surface area contributed by atoms with Crippen LogP contribution < -0.4 is 0 Å². The second-order valence-corrected chi connectivity index (χ2v) is 7.43. The highest BCUT2D eigenvalue weighted by Gasteiger charge is 2.42. The van der Waals surface area contributed by atoms with Crippen molar-refractivity contribution in [1.82, 2.24) is 9.80 Å². The van der Waals surface area contributed by atoms with Crippen LogP contribution in [0.15, 0.2) is 30.3 Å². The van der Waals surface area contributed by atoms with Crippen molar-refractivity contribution in [3.8, 4) is 0 Å². The van der Waals surface area contributed by atoms with Crippen LogP contribution in [0.3, 0.4) is 0 Å². The Bertz CT molecular complexity index is 708. The molecule has 2 amide bonds. The summed E-state index contributed by atoms with van der Waals surface area (Å²) in [7, 11) is 0. The number of piperidine rings is 1. The third-order valence-electron chi connectivity index (χ3n) is 5.54. The van der Waals surface area contributed by atoms with Gasteiger partial charge < -0.3 is 19.6 Å². The smallest absolute Gasteiger partial charge is 0.323 e. The van der Waals surface area contributed by atoms with Gasteiger partial charge in [0.2, 0.25) is 11.8 Å². The summed E-state index contributed by atoms with van der Waals surface area (Å²) in [6, 6.07) is 9.68. The maximum absolute atomic E-state index is 13.0. The first kappa shape index (κ1) is 19.4. The Kier molecular flexibility index (Phi) is 5.79. The lowest BCUT2D eigenvalue weighted by Crippen LogP contribution is -2.53.